The molecule has 3 unspecified atom stereocenters. The number of hydrogen-bond donors (Lipinski definition) is 1. The van der Waals surface area contributed by atoms with Crippen LogP contribution in [0.1, 0.15) is 56.7 Å². The van der Waals surface area contributed by atoms with Crippen LogP contribution in [0.15, 0.2) is 10.6 Å². The van der Waals surface area contributed by atoms with Gasteiger partial charge in [-0.1, -0.05) is 6.42 Å². The second-order valence-corrected chi connectivity index (χ2v) is 6.13. The van der Waals surface area contributed by atoms with Crippen LogP contribution in [0.2, 0.25) is 0 Å². The summed E-state index contributed by atoms with van der Waals surface area (Å²) in [5.74, 6) is 1.80. The molecule has 0 spiro atoms. The molecule has 3 atom stereocenters. The first-order chi connectivity index (χ1) is 9.19. The topological polar surface area (TPSA) is 41.3 Å². The van der Waals surface area contributed by atoms with Crippen molar-refractivity contribution in [3.63, 3.8) is 0 Å². The van der Waals surface area contributed by atoms with Crippen molar-refractivity contribution in [3.05, 3.63) is 17.8 Å². The standard InChI is InChI=1S/C15H25N3O/c1-10-9-17-15(19-10)11(2)18-13-5-4-6-14(18)8-12(7-13)16-3/h9,11-14,16H,4-8H2,1-3H3. The predicted molar refractivity (Wildman–Crippen MR) is 75.0 cm³/mol. The van der Waals surface area contributed by atoms with Gasteiger partial charge >= 0.3 is 0 Å². The van der Waals surface area contributed by atoms with E-state index in [1.807, 2.05) is 13.1 Å². The number of rotatable bonds is 3. The van der Waals surface area contributed by atoms with E-state index in [0.29, 0.717) is 24.2 Å². The predicted octanol–water partition coefficient (Wildman–Crippen LogP) is 2.65. The smallest absolute Gasteiger partial charge is 0.211 e. The Bertz CT molecular complexity index is 417. The number of nitrogens with zero attached hydrogens (tertiary/aromatic N) is 2. The van der Waals surface area contributed by atoms with Gasteiger partial charge in [-0.3, -0.25) is 4.90 Å². The fourth-order valence-corrected chi connectivity index (χ4v) is 3.98. The maximum atomic E-state index is 5.75. The molecule has 1 aromatic rings. The summed E-state index contributed by atoms with van der Waals surface area (Å²) >= 11 is 0. The van der Waals surface area contributed by atoms with Crippen molar-refractivity contribution in [2.45, 2.75) is 70.1 Å². The number of oxazole rings is 1. The maximum absolute atomic E-state index is 5.75. The first-order valence-corrected chi connectivity index (χ1v) is 7.56. The number of fused-ring (bicyclic) bond motifs is 2. The van der Waals surface area contributed by atoms with E-state index in [0.717, 1.165) is 11.7 Å². The lowest BCUT2D eigenvalue weighted by Crippen LogP contribution is -2.56. The molecule has 4 heteroatoms. The summed E-state index contributed by atoms with van der Waals surface area (Å²) in [6.07, 6.45) is 8.37. The summed E-state index contributed by atoms with van der Waals surface area (Å²) < 4.78 is 5.75. The summed E-state index contributed by atoms with van der Waals surface area (Å²) in [5.41, 5.74) is 0. The highest BCUT2D eigenvalue weighted by molar-refractivity contribution is 5.02. The van der Waals surface area contributed by atoms with Crippen molar-refractivity contribution in [2.24, 2.45) is 0 Å². The van der Waals surface area contributed by atoms with E-state index < -0.39 is 0 Å². The van der Waals surface area contributed by atoms with Gasteiger partial charge in [0.2, 0.25) is 5.89 Å². The number of piperidine rings is 2. The molecule has 4 nitrogen and oxygen atoms in total. The minimum Gasteiger partial charge on any atom is -0.444 e. The molecule has 2 fully saturated rings. The minimum atomic E-state index is 0.307. The Morgan fingerprint density at radius 1 is 1.37 bits per heavy atom. The van der Waals surface area contributed by atoms with Crippen LogP contribution < -0.4 is 5.32 Å². The molecule has 1 N–H and O–H groups in total. The highest BCUT2D eigenvalue weighted by Gasteiger charge is 2.41. The normalized spacial score (nSPS) is 33.3. The summed E-state index contributed by atoms with van der Waals surface area (Å²) in [4.78, 5) is 7.10. The average Bonchev–Trinajstić information content (AvgIpc) is 2.83. The van der Waals surface area contributed by atoms with E-state index in [-0.39, 0.29) is 0 Å². The summed E-state index contributed by atoms with van der Waals surface area (Å²) in [6, 6.07) is 2.37. The molecule has 19 heavy (non-hydrogen) atoms. The van der Waals surface area contributed by atoms with E-state index in [9.17, 15) is 0 Å². The number of aromatic nitrogens is 1. The molecular formula is C15H25N3O. The van der Waals surface area contributed by atoms with Crippen LogP contribution in [0, 0.1) is 6.92 Å². The maximum Gasteiger partial charge on any atom is 0.211 e. The van der Waals surface area contributed by atoms with Gasteiger partial charge < -0.3 is 9.73 Å². The third-order valence-corrected chi connectivity index (χ3v) is 4.88. The summed E-state index contributed by atoms with van der Waals surface area (Å²) in [5, 5.41) is 3.47. The van der Waals surface area contributed by atoms with Gasteiger partial charge in [0.1, 0.15) is 5.76 Å². The molecule has 0 amide bonds. The van der Waals surface area contributed by atoms with Gasteiger partial charge in [0.05, 0.1) is 12.2 Å². The van der Waals surface area contributed by atoms with E-state index >= 15 is 0 Å². The zero-order valence-corrected chi connectivity index (χ0v) is 12.2. The Balaban J connectivity index is 1.80. The molecule has 0 saturated carbocycles. The van der Waals surface area contributed by atoms with E-state index in [1.165, 1.54) is 32.1 Å². The second-order valence-electron chi connectivity index (χ2n) is 6.13. The molecule has 0 aromatic carbocycles. The molecule has 0 aliphatic carbocycles. The van der Waals surface area contributed by atoms with Crippen LogP contribution in [0.3, 0.4) is 0 Å². The molecule has 3 rings (SSSR count). The first-order valence-electron chi connectivity index (χ1n) is 7.56. The first kappa shape index (κ1) is 13.1. The highest BCUT2D eigenvalue weighted by Crippen LogP contribution is 2.39. The van der Waals surface area contributed by atoms with Crippen LogP contribution >= 0.6 is 0 Å². The molecule has 3 heterocycles. The Morgan fingerprint density at radius 2 is 2.05 bits per heavy atom. The van der Waals surface area contributed by atoms with Gasteiger partial charge in [0, 0.05) is 18.1 Å². The highest BCUT2D eigenvalue weighted by atomic mass is 16.4. The van der Waals surface area contributed by atoms with Crippen molar-refractivity contribution in [3.8, 4) is 0 Å². The Labute approximate surface area is 115 Å². The Morgan fingerprint density at radius 3 is 2.58 bits per heavy atom. The number of nitrogens with one attached hydrogen (secondary N) is 1. The summed E-state index contributed by atoms with van der Waals surface area (Å²) in [7, 11) is 2.09. The van der Waals surface area contributed by atoms with Gasteiger partial charge in [-0.15, -0.1) is 0 Å². The van der Waals surface area contributed by atoms with Crippen molar-refractivity contribution >= 4 is 0 Å². The van der Waals surface area contributed by atoms with Gasteiger partial charge in [0.25, 0.3) is 0 Å². The van der Waals surface area contributed by atoms with Crippen molar-refractivity contribution in [1.29, 1.82) is 0 Å². The third-order valence-electron chi connectivity index (χ3n) is 4.88. The molecule has 2 aliphatic rings. The van der Waals surface area contributed by atoms with Gasteiger partial charge in [0.15, 0.2) is 0 Å². The van der Waals surface area contributed by atoms with Gasteiger partial charge in [-0.25, -0.2) is 4.98 Å². The van der Waals surface area contributed by atoms with Gasteiger partial charge in [-0.2, -0.15) is 0 Å². The zero-order valence-electron chi connectivity index (χ0n) is 12.2. The average molecular weight is 263 g/mol. The second kappa shape index (κ2) is 5.25. The Kier molecular flexibility index (Phi) is 3.63. The lowest BCUT2D eigenvalue weighted by atomic mass is 9.80. The fraction of sp³-hybridized carbons (Fsp3) is 0.800. The van der Waals surface area contributed by atoms with Crippen LogP contribution in [0.25, 0.3) is 0 Å². The molecule has 2 saturated heterocycles. The largest absolute Gasteiger partial charge is 0.444 e. The monoisotopic (exact) mass is 263 g/mol. The number of aryl methyl sites for hydroxylation is 1. The van der Waals surface area contributed by atoms with Crippen LogP contribution in [0.5, 0.6) is 0 Å². The molecule has 0 radical (unpaired) electrons. The third kappa shape index (κ3) is 2.43. The SMILES string of the molecule is CNC1CC2CCCC(C1)N2C(C)c1ncc(C)o1. The molecule has 2 aliphatic heterocycles. The quantitative estimate of drug-likeness (QED) is 0.910. The van der Waals surface area contributed by atoms with E-state index in [2.05, 4.69) is 29.2 Å². The van der Waals surface area contributed by atoms with Crippen molar-refractivity contribution in [1.82, 2.24) is 15.2 Å². The van der Waals surface area contributed by atoms with E-state index in [1.54, 1.807) is 0 Å². The summed E-state index contributed by atoms with van der Waals surface area (Å²) in [6.45, 7) is 4.22. The van der Waals surface area contributed by atoms with Crippen LogP contribution in [-0.4, -0.2) is 35.1 Å². The zero-order chi connectivity index (χ0) is 13.4. The molecule has 106 valence electrons. The molecule has 2 bridgehead atoms. The Hall–Kier alpha value is -0.870. The van der Waals surface area contributed by atoms with Gasteiger partial charge in [-0.05, 0) is 46.6 Å². The fourth-order valence-electron chi connectivity index (χ4n) is 3.98. The lowest BCUT2D eigenvalue weighted by Gasteiger charge is -2.50. The van der Waals surface area contributed by atoms with Crippen molar-refractivity contribution in [2.75, 3.05) is 7.05 Å². The molecular weight excluding hydrogens is 238 g/mol. The van der Waals surface area contributed by atoms with Crippen LogP contribution in [0.4, 0.5) is 0 Å². The minimum absolute atomic E-state index is 0.307. The lowest BCUT2D eigenvalue weighted by molar-refractivity contribution is -0.0132. The van der Waals surface area contributed by atoms with Crippen molar-refractivity contribution < 1.29 is 4.42 Å². The number of hydrogen-bond acceptors (Lipinski definition) is 4. The molecule has 1 aromatic heterocycles. The van der Waals surface area contributed by atoms with E-state index in [4.69, 9.17) is 4.42 Å². The van der Waals surface area contributed by atoms with Crippen LogP contribution in [-0.2, 0) is 0 Å².